The molecule has 2 saturated heterocycles. The molecule has 0 radical (unpaired) electrons. The summed E-state index contributed by atoms with van der Waals surface area (Å²) in [6.45, 7) is 6.39. The molecule has 2 unspecified atom stereocenters. The van der Waals surface area contributed by atoms with E-state index in [0.29, 0.717) is 26.3 Å². The number of anilines is 1. The molecule has 6 heteroatoms. The van der Waals surface area contributed by atoms with E-state index >= 15 is 0 Å². The monoisotopic (exact) mass is 341 g/mol. The van der Waals surface area contributed by atoms with Gasteiger partial charge in [-0.3, -0.25) is 4.98 Å². The van der Waals surface area contributed by atoms with Crippen LogP contribution in [0.2, 0.25) is 0 Å². The average molecular weight is 341 g/mol. The van der Waals surface area contributed by atoms with E-state index in [9.17, 15) is 4.79 Å². The first-order valence-electron chi connectivity index (χ1n) is 8.72. The predicted molar refractivity (Wildman–Crippen MR) is 95.8 cm³/mol. The number of rotatable bonds is 1. The Labute approximate surface area is 147 Å². The summed E-state index contributed by atoms with van der Waals surface area (Å²) in [5.74, 6) is 0. The lowest BCUT2D eigenvalue weighted by atomic mass is 9.99. The molecule has 2 aliphatic rings. The number of aryl methyl sites for hydroxylation is 1. The fraction of sp³-hybridized carbons (Fsp3) is 0.474. The molecule has 0 saturated carbocycles. The van der Waals surface area contributed by atoms with Crippen LogP contribution in [-0.4, -0.2) is 53.9 Å². The molecule has 2 fully saturated rings. The van der Waals surface area contributed by atoms with Crippen molar-refractivity contribution >= 4 is 22.6 Å². The summed E-state index contributed by atoms with van der Waals surface area (Å²) in [7, 11) is 0. The number of pyridine rings is 1. The molecule has 0 bridgehead atoms. The molecule has 2 atom stereocenters. The van der Waals surface area contributed by atoms with Gasteiger partial charge in [0, 0.05) is 31.2 Å². The molecule has 0 aliphatic carbocycles. The molecule has 1 aromatic carbocycles. The summed E-state index contributed by atoms with van der Waals surface area (Å²) in [6.07, 6.45) is 2.57. The average Bonchev–Trinajstić information content (AvgIpc) is 3.01. The van der Waals surface area contributed by atoms with Crippen molar-refractivity contribution in [2.75, 3.05) is 31.6 Å². The van der Waals surface area contributed by atoms with Crippen LogP contribution < -0.4 is 5.32 Å². The van der Waals surface area contributed by atoms with Gasteiger partial charge < -0.3 is 19.7 Å². The highest BCUT2D eigenvalue weighted by atomic mass is 16.6. The molecular formula is C19H23N3O3. The van der Waals surface area contributed by atoms with E-state index in [-0.39, 0.29) is 17.7 Å². The number of amides is 2. The lowest BCUT2D eigenvalue weighted by Crippen LogP contribution is -2.57. The van der Waals surface area contributed by atoms with Crippen molar-refractivity contribution in [1.82, 2.24) is 9.88 Å². The lowest BCUT2D eigenvalue weighted by Gasteiger charge is -2.42. The molecule has 25 heavy (non-hydrogen) atoms. The summed E-state index contributed by atoms with van der Waals surface area (Å²) in [5.41, 5.74) is 2.28. The number of ether oxygens (including phenoxy) is 2. The van der Waals surface area contributed by atoms with Crippen molar-refractivity contribution in [3.8, 4) is 0 Å². The highest BCUT2D eigenvalue weighted by Crippen LogP contribution is 2.31. The van der Waals surface area contributed by atoms with Gasteiger partial charge in [-0.1, -0.05) is 6.07 Å². The van der Waals surface area contributed by atoms with Crippen LogP contribution in [0, 0.1) is 6.92 Å². The summed E-state index contributed by atoms with van der Waals surface area (Å²) in [5, 5.41) is 4.07. The van der Waals surface area contributed by atoms with Crippen LogP contribution in [0.5, 0.6) is 0 Å². The Balaban J connectivity index is 1.58. The number of hydrogen-bond donors (Lipinski definition) is 1. The zero-order valence-electron chi connectivity index (χ0n) is 14.6. The number of nitrogens with zero attached hydrogens (tertiary/aromatic N) is 2. The second-order valence-electron chi connectivity index (χ2n) is 7.11. The third kappa shape index (κ3) is 3.19. The largest absolute Gasteiger partial charge is 0.378 e. The van der Waals surface area contributed by atoms with Crippen molar-refractivity contribution in [2.24, 2.45) is 0 Å². The minimum Gasteiger partial charge on any atom is -0.378 e. The van der Waals surface area contributed by atoms with Crippen LogP contribution in [0.25, 0.3) is 10.9 Å². The number of hydrogen-bond acceptors (Lipinski definition) is 4. The Hall–Kier alpha value is -2.18. The number of morpholine rings is 1. The van der Waals surface area contributed by atoms with Gasteiger partial charge in [0.05, 0.1) is 30.5 Å². The number of urea groups is 1. The van der Waals surface area contributed by atoms with Gasteiger partial charge in [0.15, 0.2) is 0 Å². The second kappa shape index (κ2) is 6.28. The molecule has 2 amide bonds. The molecule has 3 heterocycles. The zero-order valence-corrected chi connectivity index (χ0v) is 14.6. The van der Waals surface area contributed by atoms with Crippen LogP contribution in [0.15, 0.2) is 30.5 Å². The second-order valence-corrected chi connectivity index (χ2v) is 7.11. The van der Waals surface area contributed by atoms with Crippen molar-refractivity contribution in [3.05, 3.63) is 36.0 Å². The van der Waals surface area contributed by atoms with E-state index in [2.05, 4.69) is 16.4 Å². The van der Waals surface area contributed by atoms with Gasteiger partial charge in [-0.05, 0) is 37.6 Å². The summed E-state index contributed by atoms with van der Waals surface area (Å²) < 4.78 is 11.6. The van der Waals surface area contributed by atoms with Gasteiger partial charge in [-0.15, -0.1) is 0 Å². The number of nitrogens with one attached hydrogen (secondary N) is 1. The number of carbonyl (C=O) groups is 1. The van der Waals surface area contributed by atoms with Gasteiger partial charge >= 0.3 is 6.03 Å². The van der Waals surface area contributed by atoms with Crippen molar-refractivity contribution in [2.45, 2.75) is 32.0 Å². The van der Waals surface area contributed by atoms with Gasteiger partial charge in [-0.2, -0.15) is 0 Å². The highest BCUT2D eigenvalue weighted by molar-refractivity contribution is 6.00. The Bertz CT molecular complexity index is 802. The van der Waals surface area contributed by atoms with E-state index in [4.69, 9.17) is 9.47 Å². The zero-order chi connectivity index (χ0) is 17.4. The molecule has 6 nitrogen and oxygen atoms in total. The summed E-state index contributed by atoms with van der Waals surface area (Å²) in [6, 6.07) is 7.83. The van der Waals surface area contributed by atoms with E-state index in [1.807, 2.05) is 36.9 Å². The normalized spacial score (nSPS) is 26.3. The topological polar surface area (TPSA) is 63.7 Å². The van der Waals surface area contributed by atoms with E-state index in [0.717, 1.165) is 28.6 Å². The summed E-state index contributed by atoms with van der Waals surface area (Å²) >= 11 is 0. The highest BCUT2D eigenvalue weighted by Gasteiger charge is 2.44. The Morgan fingerprint density at radius 3 is 3.12 bits per heavy atom. The van der Waals surface area contributed by atoms with Gasteiger partial charge in [0.25, 0.3) is 0 Å². The first-order chi connectivity index (χ1) is 12.0. The lowest BCUT2D eigenvalue weighted by molar-refractivity contribution is -0.136. The van der Waals surface area contributed by atoms with Crippen LogP contribution in [0.1, 0.15) is 18.9 Å². The quantitative estimate of drug-likeness (QED) is 0.866. The Morgan fingerprint density at radius 1 is 1.44 bits per heavy atom. The first-order valence-corrected chi connectivity index (χ1v) is 8.72. The number of fused-ring (bicyclic) bond motifs is 1. The first kappa shape index (κ1) is 16.3. The predicted octanol–water partition coefficient (Wildman–Crippen LogP) is 2.95. The molecule has 2 aliphatic heterocycles. The fourth-order valence-corrected chi connectivity index (χ4v) is 3.82. The van der Waals surface area contributed by atoms with Crippen LogP contribution in [0.3, 0.4) is 0 Å². The Morgan fingerprint density at radius 2 is 2.32 bits per heavy atom. The van der Waals surface area contributed by atoms with Gasteiger partial charge in [0.1, 0.15) is 5.60 Å². The standard InChI is InChI=1S/C19H23N3O3/c1-13-8-15-4-3-6-20-17(15)16(9-13)21-18(23)22-10-14(2)25-19(11-22)5-7-24-12-19/h3-4,6,8-9,14H,5,7,10-12H2,1-2H3,(H,21,23). The molecule has 1 N–H and O–H groups in total. The maximum atomic E-state index is 12.9. The smallest absolute Gasteiger partial charge is 0.322 e. The Kier molecular flexibility index (Phi) is 4.09. The van der Waals surface area contributed by atoms with Gasteiger partial charge in [0.2, 0.25) is 0 Å². The number of carbonyl (C=O) groups excluding carboxylic acids is 1. The molecule has 132 valence electrons. The third-order valence-corrected chi connectivity index (χ3v) is 4.85. The van der Waals surface area contributed by atoms with Crippen LogP contribution in [-0.2, 0) is 9.47 Å². The number of aromatic nitrogens is 1. The molecule has 2 aromatic rings. The molecule has 1 aromatic heterocycles. The molecular weight excluding hydrogens is 318 g/mol. The minimum atomic E-state index is -0.359. The van der Waals surface area contributed by atoms with Crippen LogP contribution >= 0.6 is 0 Å². The van der Waals surface area contributed by atoms with Crippen molar-refractivity contribution in [3.63, 3.8) is 0 Å². The van der Waals surface area contributed by atoms with Crippen molar-refractivity contribution in [1.29, 1.82) is 0 Å². The summed E-state index contributed by atoms with van der Waals surface area (Å²) in [4.78, 5) is 19.2. The fourth-order valence-electron chi connectivity index (χ4n) is 3.82. The van der Waals surface area contributed by atoms with Crippen LogP contribution in [0.4, 0.5) is 10.5 Å². The molecule has 1 spiro atoms. The number of benzene rings is 1. The minimum absolute atomic E-state index is 0.00595. The van der Waals surface area contributed by atoms with Crippen molar-refractivity contribution < 1.29 is 14.3 Å². The SMILES string of the molecule is Cc1cc(NC(=O)N2CC(C)OC3(CCOC3)C2)c2ncccc2c1. The van der Waals surface area contributed by atoms with E-state index < -0.39 is 0 Å². The van der Waals surface area contributed by atoms with Gasteiger partial charge in [-0.25, -0.2) is 4.79 Å². The van der Waals surface area contributed by atoms with E-state index in [1.54, 1.807) is 6.20 Å². The van der Waals surface area contributed by atoms with E-state index in [1.165, 1.54) is 0 Å². The maximum Gasteiger partial charge on any atom is 0.322 e. The maximum absolute atomic E-state index is 12.9. The molecule has 4 rings (SSSR count). The third-order valence-electron chi connectivity index (χ3n) is 4.85.